The number of benzene rings is 1. The van der Waals surface area contributed by atoms with Gasteiger partial charge < -0.3 is 30.0 Å². The van der Waals surface area contributed by atoms with E-state index in [2.05, 4.69) is 44.4 Å². The zero-order valence-corrected chi connectivity index (χ0v) is 27.5. The number of hydrogen-bond donors (Lipinski definition) is 5. The molecule has 242 valence electrons. The molecule has 6 unspecified atom stereocenters. The average molecular weight is 742 g/mol. The second-order valence-electron chi connectivity index (χ2n) is 10.3. The number of anilines is 1. The smallest absolute Gasteiger partial charge is 0.386 e. The van der Waals surface area contributed by atoms with E-state index >= 15 is 0 Å². The van der Waals surface area contributed by atoms with Gasteiger partial charge in [-0.1, -0.05) is 47.7 Å². The van der Waals surface area contributed by atoms with Gasteiger partial charge in [-0.05, 0) is 12.1 Å². The molecule has 23 heteroatoms. The second-order valence-corrected chi connectivity index (χ2v) is 16.8. The minimum absolute atomic E-state index is 0.0997. The molecule has 45 heavy (non-hydrogen) atoms. The Morgan fingerprint density at radius 2 is 1.49 bits per heavy atom. The number of nitrogens with two attached hydrogens (primary N) is 1. The Kier molecular flexibility index (Phi) is 8.44. The molecule has 0 saturated carbocycles. The van der Waals surface area contributed by atoms with E-state index in [4.69, 9.17) is 56.5 Å². The van der Waals surface area contributed by atoms with Gasteiger partial charge in [-0.15, -0.1) is 0 Å². The van der Waals surface area contributed by atoms with E-state index in [1.165, 1.54) is 34.2 Å². The van der Waals surface area contributed by atoms with Crippen molar-refractivity contribution >= 4 is 89.3 Å². The molecule has 6 heterocycles. The van der Waals surface area contributed by atoms with Gasteiger partial charge in [0.2, 0.25) is 0 Å². The maximum Gasteiger partial charge on any atom is 0.386 e. The van der Waals surface area contributed by atoms with Crippen molar-refractivity contribution in [3.8, 4) is 0 Å². The van der Waals surface area contributed by atoms with Crippen LogP contribution in [0.2, 0.25) is 10.0 Å². The molecule has 4 N–H and O–H groups in total. The van der Waals surface area contributed by atoms with Gasteiger partial charge in [0.25, 0.3) is 0 Å². The van der Waals surface area contributed by atoms with Crippen molar-refractivity contribution in [3.05, 3.63) is 41.2 Å². The highest BCUT2D eigenvalue weighted by molar-refractivity contribution is 8.44. The Bertz CT molecular complexity index is 1890. The van der Waals surface area contributed by atoms with E-state index in [1.807, 2.05) is 0 Å². The fourth-order valence-corrected chi connectivity index (χ4v) is 8.66. The summed E-state index contributed by atoms with van der Waals surface area (Å²) in [6.07, 6.45) is -6.62. The highest BCUT2D eigenvalue weighted by Crippen LogP contribution is 2.60. The van der Waals surface area contributed by atoms with Gasteiger partial charge in [-0.25, -0.2) is 29.1 Å². The topological polar surface area (TPSA) is 217 Å². The Labute approximate surface area is 273 Å². The quantitative estimate of drug-likeness (QED) is 0.147. The molecule has 0 spiro atoms. The number of ether oxygens (including phenoxy) is 2. The number of aliphatic hydroxyl groups excluding tert-OH is 2. The third kappa shape index (κ3) is 5.91. The lowest BCUT2D eigenvalue weighted by molar-refractivity contribution is -0.0574. The van der Waals surface area contributed by atoms with Crippen LogP contribution >= 0.6 is 61.3 Å². The van der Waals surface area contributed by atoms with Gasteiger partial charge in [-0.3, -0.25) is 22.7 Å². The Morgan fingerprint density at radius 1 is 0.844 bits per heavy atom. The lowest BCUT2D eigenvalue weighted by Gasteiger charge is -2.26. The van der Waals surface area contributed by atoms with Crippen LogP contribution in [-0.4, -0.2) is 89.1 Å². The molecule has 0 aliphatic carbocycles. The minimum atomic E-state index is -4.31. The van der Waals surface area contributed by atoms with Crippen molar-refractivity contribution in [3.63, 3.8) is 0 Å². The summed E-state index contributed by atoms with van der Waals surface area (Å²) in [6.45, 7) is -9.66. The lowest BCUT2D eigenvalue weighted by Crippen LogP contribution is -2.35. The van der Waals surface area contributed by atoms with Crippen LogP contribution in [0.15, 0.2) is 31.1 Å². The van der Waals surface area contributed by atoms with Gasteiger partial charge in [0.15, 0.2) is 23.9 Å². The Hall–Kier alpha value is -1.54. The molecule has 0 amide bonds. The SMILES string of the molecule is Nc1ncnc2c1ncn2[C@@H]1O[C@@H]2COP(=O)(S)OC3C(O)[C@@H](COP(=O)(S)OC2C1O)O[C@H]3n1cnc2cc(Cl)c(Cl)cc21. The number of halogens is 2. The molecular formula is C22H23Cl2N7O10P2S2. The van der Waals surface area contributed by atoms with E-state index in [1.54, 1.807) is 6.07 Å². The number of thiol groups is 2. The monoisotopic (exact) mass is 741 g/mol. The van der Waals surface area contributed by atoms with E-state index < -0.39 is 75.9 Å². The van der Waals surface area contributed by atoms with Crippen molar-refractivity contribution in [1.29, 1.82) is 0 Å². The van der Waals surface area contributed by atoms with E-state index in [9.17, 15) is 19.3 Å². The minimum Gasteiger partial charge on any atom is -0.387 e. The summed E-state index contributed by atoms with van der Waals surface area (Å²) in [5.41, 5.74) is 7.28. The standard InChI is InChI=1S/C22H23Cl2N7O10P2S2/c23-8-1-10-11(2-9(8)24)30(6-28-10)22-18-15(32)12(38-22)3-36-42(34,44)40-17-13(4-37-43(35,45)41-18)39-21(16(17)33)31-7-29-14-19(25)26-5-27-20(14)31/h1-2,5-7,12-13,15-18,21-22,32-33H,3-4H2,(H,34,44)(H,35,45)(H2,25,26,27)/t12-,13-,15?,16?,17?,18?,21-,22-,42?,43?/m1/s1. The lowest BCUT2D eigenvalue weighted by atomic mass is 10.1. The van der Waals surface area contributed by atoms with Crippen LogP contribution in [0.5, 0.6) is 0 Å². The van der Waals surface area contributed by atoms with Crippen LogP contribution in [0.3, 0.4) is 0 Å². The van der Waals surface area contributed by atoms with Crippen molar-refractivity contribution in [2.24, 2.45) is 0 Å². The molecule has 3 aliphatic heterocycles. The second kappa shape index (κ2) is 11.9. The van der Waals surface area contributed by atoms with E-state index in [-0.39, 0.29) is 27.0 Å². The normalized spacial score (nSPS) is 37.7. The van der Waals surface area contributed by atoms with Crippen LogP contribution in [0.1, 0.15) is 12.5 Å². The third-order valence-corrected chi connectivity index (χ3v) is 11.4. The first-order valence-electron chi connectivity index (χ1n) is 13.0. The molecule has 10 atom stereocenters. The molecule has 17 nitrogen and oxygen atoms in total. The Morgan fingerprint density at radius 3 is 2.24 bits per heavy atom. The first kappa shape index (κ1) is 32.0. The molecule has 3 aliphatic rings. The molecule has 4 aromatic rings. The molecule has 7 rings (SSSR count). The highest BCUT2D eigenvalue weighted by atomic mass is 35.5. The third-order valence-electron chi connectivity index (χ3n) is 7.49. The summed E-state index contributed by atoms with van der Waals surface area (Å²) in [5, 5.41) is 23.0. The molecule has 2 bridgehead atoms. The van der Waals surface area contributed by atoms with Crippen LogP contribution in [0.25, 0.3) is 22.2 Å². The number of hydrogen-bond acceptors (Lipinski definition) is 15. The van der Waals surface area contributed by atoms with Crippen LogP contribution in [-0.2, 0) is 36.7 Å². The summed E-state index contributed by atoms with van der Waals surface area (Å²) in [4.78, 5) is 16.5. The predicted octanol–water partition coefficient (Wildman–Crippen LogP) is 3.17. The molecule has 3 saturated heterocycles. The summed E-state index contributed by atoms with van der Waals surface area (Å²) < 4.78 is 64.4. The van der Waals surface area contributed by atoms with Crippen LogP contribution < -0.4 is 5.73 Å². The zero-order chi connectivity index (χ0) is 31.8. The number of aliphatic hydroxyl groups is 2. The summed E-state index contributed by atoms with van der Waals surface area (Å²) >= 11 is 20.6. The van der Waals surface area contributed by atoms with Crippen molar-refractivity contribution in [2.75, 3.05) is 18.9 Å². The molecule has 0 radical (unpaired) electrons. The van der Waals surface area contributed by atoms with Gasteiger partial charge in [0, 0.05) is 0 Å². The van der Waals surface area contributed by atoms with E-state index in [0.717, 1.165) is 0 Å². The summed E-state index contributed by atoms with van der Waals surface area (Å²) in [7, 11) is 0. The van der Waals surface area contributed by atoms with Gasteiger partial charge >= 0.3 is 13.6 Å². The maximum atomic E-state index is 13.6. The first-order chi connectivity index (χ1) is 21.3. The van der Waals surface area contributed by atoms with E-state index in [0.29, 0.717) is 11.0 Å². The van der Waals surface area contributed by atoms with Gasteiger partial charge in [-0.2, -0.15) is 0 Å². The number of aromatic nitrogens is 6. The van der Waals surface area contributed by atoms with Crippen LogP contribution in [0.4, 0.5) is 5.82 Å². The van der Waals surface area contributed by atoms with Crippen molar-refractivity contribution < 1.29 is 46.9 Å². The van der Waals surface area contributed by atoms with Gasteiger partial charge in [0.1, 0.15) is 48.5 Å². The predicted molar refractivity (Wildman–Crippen MR) is 164 cm³/mol. The number of rotatable bonds is 2. The molecule has 1 aromatic carbocycles. The fraction of sp³-hybridized carbons (Fsp3) is 0.455. The maximum absolute atomic E-state index is 13.6. The fourth-order valence-electron chi connectivity index (χ4n) is 5.39. The average Bonchev–Trinajstić information content (AvgIpc) is 3.73. The number of fused-ring (bicyclic) bond motifs is 5. The van der Waals surface area contributed by atoms with Gasteiger partial charge in [0.05, 0.1) is 46.9 Å². The molecular weight excluding hydrogens is 719 g/mol. The van der Waals surface area contributed by atoms with Crippen molar-refractivity contribution in [1.82, 2.24) is 29.1 Å². The van der Waals surface area contributed by atoms with Crippen molar-refractivity contribution in [2.45, 2.75) is 49.1 Å². The molecule has 3 aromatic heterocycles. The summed E-state index contributed by atoms with van der Waals surface area (Å²) in [5.74, 6) is 0.0997. The highest BCUT2D eigenvalue weighted by Gasteiger charge is 2.53. The largest absolute Gasteiger partial charge is 0.387 e. The number of nitrogens with zero attached hydrogens (tertiary/aromatic N) is 6. The van der Waals surface area contributed by atoms with Crippen LogP contribution in [0, 0.1) is 0 Å². The zero-order valence-electron chi connectivity index (χ0n) is 22.4. The Balaban J connectivity index is 1.20. The first-order valence-corrected chi connectivity index (χ1v) is 19.2. The molecule has 3 fully saturated rings. The summed E-state index contributed by atoms with van der Waals surface area (Å²) in [6, 6.07) is 3.08. The number of imidazole rings is 2. The number of nitrogen functional groups attached to an aromatic ring is 1.